The maximum absolute atomic E-state index is 6.20. The Morgan fingerprint density at radius 1 is 1.23 bits per heavy atom. The van der Waals surface area contributed by atoms with Crippen LogP contribution in [0.5, 0.6) is 5.75 Å². The molecule has 0 N–H and O–H groups in total. The van der Waals surface area contributed by atoms with Crippen molar-refractivity contribution in [2.24, 2.45) is 0 Å². The fourth-order valence-electron chi connectivity index (χ4n) is 2.95. The van der Waals surface area contributed by atoms with Gasteiger partial charge in [-0.05, 0) is 50.8 Å². The summed E-state index contributed by atoms with van der Waals surface area (Å²) in [5, 5.41) is 4.52. The SMILES string of the molecule is Cc1ccc(OC2CCCC2)c(-c2nc3ncccn3n2)c1. The van der Waals surface area contributed by atoms with E-state index in [1.54, 1.807) is 10.7 Å². The highest BCUT2D eigenvalue weighted by Crippen LogP contribution is 2.32. The summed E-state index contributed by atoms with van der Waals surface area (Å²) < 4.78 is 7.89. The van der Waals surface area contributed by atoms with Crippen LogP contribution in [0.4, 0.5) is 0 Å². The highest BCUT2D eigenvalue weighted by Gasteiger charge is 2.20. The number of rotatable bonds is 3. The summed E-state index contributed by atoms with van der Waals surface area (Å²) in [6, 6.07) is 8.03. The van der Waals surface area contributed by atoms with Gasteiger partial charge >= 0.3 is 0 Å². The molecular weight excluding hydrogens is 276 g/mol. The lowest BCUT2D eigenvalue weighted by Crippen LogP contribution is -2.11. The van der Waals surface area contributed by atoms with E-state index in [1.165, 1.54) is 18.4 Å². The largest absolute Gasteiger partial charge is 0.490 e. The maximum atomic E-state index is 6.20. The van der Waals surface area contributed by atoms with Crippen LogP contribution in [0.25, 0.3) is 17.2 Å². The number of aryl methyl sites for hydroxylation is 1. The number of hydrogen-bond acceptors (Lipinski definition) is 4. The fraction of sp³-hybridized carbons (Fsp3) is 0.353. The van der Waals surface area contributed by atoms with E-state index in [-0.39, 0.29) is 0 Å². The number of aromatic nitrogens is 4. The Kier molecular flexibility index (Phi) is 3.25. The van der Waals surface area contributed by atoms with Crippen LogP contribution < -0.4 is 4.74 Å². The van der Waals surface area contributed by atoms with Crippen molar-refractivity contribution in [1.29, 1.82) is 0 Å². The average Bonchev–Trinajstić information content (AvgIpc) is 3.18. The molecule has 0 bridgehead atoms. The molecule has 0 aliphatic heterocycles. The van der Waals surface area contributed by atoms with E-state index in [4.69, 9.17) is 4.74 Å². The first-order chi connectivity index (χ1) is 10.8. The van der Waals surface area contributed by atoms with Gasteiger partial charge in [0.15, 0.2) is 5.82 Å². The van der Waals surface area contributed by atoms with Crippen LogP contribution in [-0.2, 0) is 0 Å². The summed E-state index contributed by atoms with van der Waals surface area (Å²) in [7, 11) is 0. The second-order valence-electron chi connectivity index (χ2n) is 5.82. The third-order valence-electron chi connectivity index (χ3n) is 4.09. The first-order valence-corrected chi connectivity index (χ1v) is 7.75. The number of fused-ring (bicyclic) bond motifs is 1. The van der Waals surface area contributed by atoms with Crippen molar-refractivity contribution < 1.29 is 4.74 Å². The van der Waals surface area contributed by atoms with Gasteiger partial charge in [0.1, 0.15) is 5.75 Å². The van der Waals surface area contributed by atoms with Crippen LogP contribution in [0, 0.1) is 6.92 Å². The van der Waals surface area contributed by atoms with Gasteiger partial charge in [-0.2, -0.15) is 4.98 Å². The van der Waals surface area contributed by atoms with Crippen LogP contribution in [-0.4, -0.2) is 25.7 Å². The molecule has 0 atom stereocenters. The van der Waals surface area contributed by atoms with Crippen LogP contribution in [0.1, 0.15) is 31.2 Å². The zero-order chi connectivity index (χ0) is 14.9. The molecule has 1 fully saturated rings. The molecule has 22 heavy (non-hydrogen) atoms. The van der Waals surface area contributed by atoms with Crippen molar-refractivity contribution >= 4 is 5.78 Å². The second-order valence-corrected chi connectivity index (χ2v) is 5.82. The first kappa shape index (κ1) is 13.2. The van der Waals surface area contributed by atoms with Crippen molar-refractivity contribution in [1.82, 2.24) is 19.6 Å². The summed E-state index contributed by atoms with van der Waals surface area (Å²) in [6.07, 6.45) is 8.66. The molecular formula is C17H18N4O. The molecule has 0 amide bonds. The van der Waals surface area contributed by atoms with E-state index in [9.17, 15) is 0 Å². The van der Waals surface area contributed by atoms with E-state index in [2.05, 4.69) is 34.1 Å². The van der Waals surface area contributed by atoms with Crippen LogP contribution in [0.15, 0.2) is 36.7 Å². The van der Waals surface area contributed by atoms with Gasteiger partial charge in [0.2, 0.25) is 0 Å². The van der Waals surface area contributed by atoms with Gasteiger partial charge in [0.05, 0.1) is 11.7 Å². The highest BCUT2D eigenvalue weighted by atomic mass is 16.5. The molecule has 3 aromatic rings. The Bertz CT molecular complexity index is 772. The lowest BCUT2D eigenvalue weighted by molar-refractivity contribution is 0.211. The molecule has 4 rings (SSSR count). The molecule has 1 aromatic carbocycles. The monoisotopic (exact) mass is 294 g/mol. The van der Waals surface area contributed by atoms with Gasteiger partial charge < -0.3 is 4.74 Å². The zero-order valence-corrected chi connectivity index (χ0v) is 12.6. The van der Waals surface area contributed by atoms with Crippen LogP contribution in [0.2, 0.25) is 0 Å². The molecule has 0 spiro atoms. The second kappa shape index (κ2) is 5.40. The molecule has 0 saturated heterocycles. The normalized spacial score (nSPS) is 15.5. The van der Waals surface area contributed by atoms with Gasteiger partial charge in [-0.3, -0.25) is 0 Å². The Labute approximate surface area is 129 Å². The smallest absolute Gasteiger partial charge is 0.252 e. The Morgan fingerprint density at radius 2 is 2.09 bits per heavy atom. The molecule has 5 heteroatoms. The third kappa shape index (κ3) is 2.43. The predicted molar refractivity (Wildman–Crippen MR) is 83.8 cm³/mol. The standard InChI is InChI=1S/C17H18N4O/c1-12-7-8-15(22-13-5-2-3-6-13)14(11-12)16-19-17-18-9-4-10-21(17)20-16/h4,7-11,13H,2-3,5-6H2,1H3. The highest BCUT2D eigenvalue weighted by molar-refractivity contribution is 5.66. The molecule has 0 unspecified atom stereocenters. The van der Waals surface area contributed by atoms with Crippen LogP contribution >= 0.6 is 0 Å². The molecule has 5 nitrogen and oxygen atoms in total. The molecule has 1 aliphatic rings. The van der Waals surface area contributed by atoms with Crippen LogP contribution in [0.3, 0.4) is 0 Å². The van der Waals surface area contributed by atoms with Crippen molar-refractivity contribution in [2.75, 3.05) is 0 Å². The summed E-state index contributed by atoms with van der Waals surface area (Å²) in [5.74, 6) is 2.13. The molecule has 2 heterocycles. The van der Waals surface area contributed by atoms with Gasteiger partial charge in [0.25, 0.3) is 5.78 Å². The van der Waals surface area contributed by atoms with E-state index in [0.29, 0.717) is 17.7 Å². The van der Waals surface area contributed by atoms with Gasteiger partial charge in [-0.15, -0.1) is 5.10 Å². The maximum Gasteiger partial charge on any atom is 0.252 e. The van der Waals surface area contributed by atoms with Crippen molar-refractivity contribution in [2.45, 2.75) is 38.7 Å². The molecule has 0 radical (unpaired) electrons. The molecule has 1 aliphatic carbocycles. The summed E-state index contributed by atoms with van der Waals surface area (Å²) in [5.41, 5.74) is 2.11. The summed E-state index contributed by atoms with van der Waals surface area (Å²) in [4.78, 5) is 8.75. The number of nitrogens with zero attached hydrogens (tertiary/aromatic N) is 4. The van der Waals surface area contributed by atoms with E-state index in [0.717, 1.165) is 24.2 Å². The summed E-state index contributed by atoms with van der Waals surface area (Å²) in [6.45, 7) is 2.07. The lowest BCUT2D eigenvalue weighted by Gasteiger charge is -2.15. The molecule has 1 saturated carbocycles. The molecule has 112 valence electrons. The van der Waals surface area contributed by atoms with E-state index in [1.807, 2.05) is 18.3 Å². The number of ether oxygens (including phenoxy) is 1. The minimum Gasteiger partial charge on any atom is -0.490 e. The van der Waals surface area contributed by atoms with Gasteiger partial charge in [-0.1, -0.05) is 11.6 Å². The minimum atomic E-state index is 0.316. The van der Waals surface area contributed by atoms with Crippen molar-refractivity contribution in [3.05, 3.63) is 42.2 Å². The van der Waals surface area contributed by atoms with Gasteiger partial charge in [0, 0.05) is 12.4 Å². The Morgan fingerprint density at radius 3 is 2.91 bits per heavy atom. The van der Waals surface area contributed by atoms with E-state index >= 15 is 0 Å². The van der Waals surface area contributed by atoms with E-state index < -0.39 is 0 Å². The fourth-order valence-corrected chi connectivity index (χ4v) is 2.95. The summed E-state index contributed by atoms with van der Waals surface area (Å²) >= 11 is 0. The number of benzene rings is 1. The lowest BCUT2D eigenvalue weighted by atomic mass is 10.1. The topological polar surface area (TPSA) is 52.3 Å². The minimum absolute atomic E-state index is 0.316. The van der Waals surface area contributed by atoms with Gasteiger partial charge in [-0.25, -0.2) is 9.50 Å². The zero-order valence-electron chi connectivity index (χ0n) is 12.6. The quantitative estimate of drug-likeness (QED) is 0.742. The Hall–Kier alpha value is -2.43. The predicted octanol–water partition coefficient (Wildman–Crippen LogP) is 3.42. The Balaban J connectivity index is 1.76. The van der Waals surface area contributed by atoms with Crippen molar-refractivity contribution in [3.8, 4) is 17.1 Å². The third-order valence-corrected chi connectivity index (χ3v) is 4.09. The van der Waals surface area contributed by atoms with Crippen molar-refractivity contribution in [3.63, 3.8) is 0 Å². The molecule has 2 aromatic heterocycles. The first-order valence-electron chi connectivity index (χ1n) is 7.75. The average molecular weight is 294 g/mol. The number of hydrogen-bond donors (Lipinski definition) is 0.